The van der Waals surface area contributed by atoms with Crippen molar-refractivity contribution in [2.24, 2.45) is 0 Å². The molecule has 3 nitrogen and oxygen atoms in total. The van der Waals surface area contributed by atoms with Crippen molar-refractivity contribution in [3.63, 3.8) is 0 Å². The van der Waals surface area contributed by atoms with Crippen molar-refractivity contribution in [3.8, 4) is 0 Å². The van der Waals surface area contributed by atoms with Crippen LogP contribution in [0.2, 0.25) is 0 Å². The van der Waals surface area contributed by atoms with Crippen molar-refractivity contribution in [2.45, 2.75) is 12.5 Å². The van der Waals surface area contributed by atoms with E-state index in [4.69, 9.17) is 0 Å². The van der Waals surface area contributed by atoms with Gasteiger partial charge in [0.1, 0.15) is 0 Å². The Morgan fingerprint density at radius 1 is 1.47 bits per heavy atom. The van der Waals surface area contributed by atoms with Crippen LogP contribution in [0.3, 0.4) is 0 Å². The van der Waals surface area contributed by atoms with Crippen molar-refractivity contribution in [2.75, 3.05) is 0 Å². The van der Waals surface area contributed by atoms with Gasteiger partial charge in [-0.3, -0.25) is 4.40 Å². The van der Waals surface area contributed by atoms with Crippen LogP contribution in [-0.4, -0.2) is 14.5 Å². The molecular formula is C11H9BrN2OS2. The van der Waals surface area contributed by atoms with E-state index in [9.17, 15) is 5.11 Å². The molecule has 3 heterocycles. The average molecular weight is 329 g/mol. The normalized spacial score (nSPS) is 13.3. The molecule has 1 atom stereocenters. The third kappa shape index (κ3) is 2.30. The highest BCUT2D eigenvalue weighted by Gasteiger charge is 2.13. The molecule has 0 amide bonds. The first-order chi connectivity index (χ1) is 8.22. The zero-order chi connectivity index (χ0) is 11.8. The number of rotatable bonds is 3. The lowest BCUT2D eigenvalue weighted by Crippen LogP contribution is -1.99. The van der Waals surface area contributed by atoms with Gasteiger partial charge in [-0.2, -0.15) is 0 Å². The maximum atomic E-state index is 10.1. The van der Waals surface area contributed by atoms with Crippen molar-refractivity contribution in [1.82, 2.24) is 9.38 Å². The maximum absolute atomic E-state index is 10.1. The van der Waals surface area contributed by atoms with E-state index in [0.717, 1.165) is 19.3 Å². The number of aliphatic hydroxyl groups excluding tert-OH is 1. The highest BCUT2D eigenvalue weighted by atomic mass is 79.9. The number of fused-ring (bicyclic) bond motifs is 1. The summed E-state index contributed by atoms with van der Waals surface area (Å²) in [4.78, 5) is 6.40. The Balaban J connectivity index is 1.80. The first kappa shape index (κ1) is 11.4. The topological polar surface area (TPSA) is 37.5 Å². The van der Waals surface area contributed by atoms with Gasteiger partial charge in [0.05, 0.1) is 15.6 Å². The fraction of sp³-hybridized carbons (Fsp3) is 0.182. The third-order valence-electron chi connectivity index (χ3n) is 2.47. The Bertz CT molecular complexity index is 614. The first-order valence-electron chi connectivity index (χ1n) is 5.07. The largest absolute Gasteiger partial charge is 0.387 e. The second-order valence-electron chi connectivity index (χ2n) is 3.69. The number of aliphatic hydroxyl groups is 1. The van der Waals surface area contributed by atoms with E-state index in [2.05, 4.69) is 20.9 Å². The minimum atomic E-state index is -0.476. The molecule has 0 aliphatic rings. The van der Waals surface area contributed by atoms with Gasteiger partial charge < -0.3 is 5.11 Å². The fourth-order valence-corrected chi connectivity index (χ4v) is 3.81. The number of hydrogen-bond acceptors (Lipinski definition) is 4. The summed E-state index contributed by atoms with van der Waals surface area (Å²) in [6.07, 6.45) is 4.03. The average Bonchev–Trinajstić information content (AvgIpc) is 2.92. The van der Waals surface area contributed by atoms with Crippen LogP contribution >= 0.6 is 38.6 Å². The highest BCUT2D eigenvalue weighted by Crippen LogP contribution is 2.29. The standard InChI is InChI=1S/C11H9BrN2OS2/c12-10-2-1-9(17-10)8(15)5-7-6-14-3-4-16-11(14)13-7/h1-4,6,8,15H,5H2. The highest BCUT2D eigenvalue weighted by molar-refractivity contribution is 9.11. The number of thiazole rings is 1. The van der Waals surface area contributed by atoms with E-state index in [-0.39, 0.29) is 0 Å². The van der Waals surface area contributed by atoms with Gasteiger partial charge in [0.15, 0.2) is 4.96 Å². The van der Waals surface area contributed by atoms with Crippen molar-refractivity contribution < 1.29 is 5.11 Å². The van der Waals surface area contributed by atoms with E-state index in [1.165, 1.54) is 0 Å². The van der Waals surface area contributed by atoms with Gasteiger partial charge in [-0.05, 0) is 28.1 Å². The minimum absolute atomic E-state index is 0.476. The Hall–Kier alpha value is -0.690. The van der Waals surface area contributed by atoms with Gasteiger partial charge in [-0.15, -0.1) is 22.7 Å². The van der Waals surface area contributed by atoms with Crippen LogP contribution in [0.5, 0.6) is 0 Å². The molecule has 1 unspecified atom stereocenters. The predicted octanol–water partition coefficient (Wildman–Crippen LogP) is 3.50. The SMILES string of the molecule is OC(Cc1cn2ccsc2n1)c1ccc(Br)s1. The quantitative estimate of drug-likeness (QED) is 0.799. The van der Waals surface area contributed by atoms with E-state index in [1.54, 1.807) is 22.7 Å². The molecule has 3 rings (SSSR count). The fourth-order valence-electron chi connectivity index (χ4n) is 1.68. The van der Waals surface area contributed by atoms with Gasteiger partial charge in [-0.25, -0.2) is 4.98 Å². The van der Waals surface area contributed by atoms with Crippen LogP contribution < -0.4 is 0 Å². The summed E-state index contributed by atoms with van der Waals surface area (Å²) in [6, 6.07) is 3.90. The summed E-state index contributed by atoms with van der Waals surface area (Å²) >= 11 is 6.56. The van der Waals surface area contributed by atoms with Gasteiger partial charge in [0.25, 0.3) is 0 Å². The molecule has 1 N–H and O–H groups in total. The Kier molecular flexibility index (Phi) is 3.04. The molecule has 88 valence electrons. The maximum Gasteiger partial charge on any atom is 0.193 e. The molecular weight excluding hydrogens is 320 g/mol. The summed E-state index contributed by atoms with van der Waals surface area (Å²) in [5.74, 6) is 0. The zero-order valence-corrected chi connectivity index (χ0v) is 11.9. The zero-order valence-electron chi connectivity index (χ0n) is 8.71. The van der Waals surface area contributed by atoms with E-state index in [0.29, 0.717) is 6.42 Å². The van der Waals surface area contributed by atoms with Crippen LogP contribution in [0.25, 0.3) is 4.96 Å². The lowest BCUT2D eigenvalue weighted by molar-refractivity contribution is 0.181. The smallest absolute Gasteiger partial charge is 0.193 e. The van der Waals surface area contributed by atoms with E-state index < -0.39 is 6.10 Å². The summed E-state index contributed by atoms with van der Waals surface area (Å²) in [5, 5.41) is 12.1. The van der Waals surface area contributed by atoms with Crippen LogP contribution in [0.4, 0.5) is 0 Å². The molecule has 17 heavy (non-hydrogen) atoms. The van der Waals surface area contributed by atoms with Gasteiger partial charge in [0, 0.05) is 29.1 Å². The number of nitrogens with zero attached hydrogens (tertiary/aromatic N) is 2. The molecule has 0 aliphatic heterocycles. The number of halogens is 1. The molecule has 0 fully saturated rings. The molecule has 0 saturated heterocycles. The van der Waals surface area contributed by atoms with Crippen molar-refractivity contribution >= 4 is 43.6 Å². The summed E-state index contributed by atoms with van der Waals surface area (Å²) in [5.41, 5.74) is 0.925. The number of hydrogen-bond donors (Lipinski definition) is 1. The van der Waals surface area contributed by atoms with Gasteiger partial charge >= 0.3 is 0 Å². The summed E-state index contributed by atoms with van der Waals surface area (Å²) < 4.78 is 3.02. The Labute approximate surface area is 114 Å². The van der Waals surface area contributed by atoms with Crippen LogP contribution in [-0.2, 0) is 6.42 Å². The lowest BCUT2D eigenvalue weighted by Gasteiger charge is -2.05. The monoisotopic (exact) mass is 328 g/mol. The lowest BCUT2D eigenvalue weighted by atomic mass is 10.2. The third-order valence-corrected chi connectivity index (χ3v) is 4.96. The summed E-state index contributed by atoms with van der Waals surface area (Å²) in [6.45, 7) is 0. The molecule has 0 aliphatic carbocycles. The molecule has 6 heteroatoms. The Morgan fingerprint density at radius 2 is 2.35 bits per heavy atom. The molecule has 0 radical (unpaired) electrons. The number of aromatic nitrogens is 2. The van der Waals surface area contributed by atoms with Crippen LogP contribution in [0.15, 0.2) is 33.7 Å². The van der Waals surface area contributed by atoms with E-state index in [1.807, 2.05) is 34.3 Å². The Morgan fingerprint density at radius 3 is 3.06 bits per heavy atom. The predicted molar refractivity (Wildman–Crippen MR) is 73.8 cm³/mol. The molecule has 3 aromatic heterocycles. The number of imidazole rings is 1. The first-order valence-corrected chi connectivity index (χ1v) is 7.55. The van der Waals surface area contributed by atoms with Gasteiger partial charge in [-0.1, -0.05) is 0 Å². The second kappa shape index (κ2) is 4.53. The van der Waals surface area contributed by atoms with Gasteiger partial charge in [0.2, 0.25) is 0 Å². The molecule has 0 spiro atoms. The molecule has 0 saturated carbocycles. The second-order valence-corrected chi connectivity index (χ2v) is 7.05. The minimum Gasteiger partial charge on any atom is -0.387 e. The van der Waals surface area contributed by atoms with Crippen molar-refractivity contribution in [1.29, 1.82) is 0 Å². The molecule has 0 bridgehead atoms. The summed E-state index contributed by atoms with van der Waals surface area (Å²) in [7, 11) is 0. The molecule has 3 aromatic rings. The molecule has 0 aromatic carbocycles. The van der Waals surface area contributed by atoms with Crippen LogP contribution in [0, 0.1) is 0 Å². The van der Waals surface area contributed by atoms with Crippen molar-refractivity contribution in [3.05, 3.63) is 44.3 Å². The van der Waals surface area contributed by atoms with Crippen LogP contribution in [0.1, 0.15) is 16.7 Å². The number of thiophene rings is 1. The van der Waals surface area contributed by atoms with E-state index >= 15 is 0 Å².